The van der Waals surface area contributed by atoms with Crippen molar-refractivity contribution in [3.05, 3.63) is 29.6 Å². The largest absolute Gasteiger partial charge is 0.326 e. The summed E-state index contributed by atoms with van der Waals surface area (Å²) in [6, 6.07) is 4.54. The molecule has 3 nitrogen and oxygen atoms in total. The van der Waals surface area contributed by atoms with Gasteiger partial charge in [0.2, 0.25) is 5.91 Å². The van der Waals surface area contributed by atoms with Gasteiger partial charge in [-0.25, -0.2) is 4.39 Å². The number of amides is 1. The number of hydrogen-bond acceptors (Lipinski definition) is 2. The van der Waals surface area contributed by atoms with Gasteiger partial charge in [0.25, 0.3) is 0 Å². The van der Waals surface area contributed by atoms with Gasteiger partial charge in [0.1, 0.15) is 5.82 Å². The Morgan fingerprint density at radius 2 is 2.05 bits per heavy atom. The highest BCUT2D eigenvalue weighted by Crippen LogP contribution is 2.36. The van der Waals surface area contributed by atoms with Crippen LogP contribution in [0.25, 0.3) is 0 Å². The van der Waals surface area contributed by atoms with Crippen LogP contribution in [0.4, 0.5) is 10.1 Å². The molecule has 3 N–H and O–H groups in total. The number of benzene rings is 1. The minimum Gasteiger partial charge on any atom is -0.326 e. The van der Waals surface area contributed by atoms with Crippen LogP contribution in [0.15, 0.2) is 18.2 Å². The number of hydrogen-bond donors (Lipinski definition) is 2. The number of anilines is 1. The summed E-state index contributed by atoms with van der Waals surface area (Å²) in [4.78, 5) is 12.3. The second kappa shape index (κ2) is 5.70. The van der Waals surface area contributed by atoms with Gasteiger partial charge >= 0.3 is 0 Å². The summed E-state index contributed by atoms with van der Waals surface area (Å²) in [5, 5.41) is 2.89. The van der Waals surface area contributed by atoms with Crippen LogP contribution >= 0.6 is 0 Å². The van der Waals surface area contributed by atoms with Crippen LogP contribution in [0.2, 0.25) is 0 Å². The van der Waals surface area contributed by atoms with E-state index in [0.717, 1.165) is 25.7 Å². The number of rotatable bonds is 3. The van der Waals surface area contributed by atoms with Gasteiger partial charge in [-0.1, -0.05) is 26.2 Å². The lowest BCUT2D eigenvalue weighted by Crippen LogP contribution is -2.35. The summed E-state index contributed by atoms with van der Waals surface area (Å²) in [5.74, 6) is -0.300. The summed E-state index contributed by atoms with van der Waals surface area (Å²) < 4.78 is 13.3. The zero-order valence-corrected chi connectivity index (χ0v) is 11.3. The standard InChI is InChI=1S/C15H21FN2O/c1-15(7-3-2-4-8-15)14(19)18-12-5-6-13(16)11(9-12)10-17/h5-6,9H,2-4,7-8,10,17H2,1H3,(H,18,19). The van der Waals surface area contributed by atoms with E-state index < -0.39 is 0 Å². The molecular weight excluding hydrogens is 243 g/mol. The highest BCUT2D eigenvalue weighted by Gasteiger charge is 2.34. The Labute approximate surface area is 113 Å². The first-order valence-corrected chi connectivity index (χ1v) is 6.85. The van der Waals surface area contributed by atoms with Crippen molar-refractivity contribution >= 4 is 11.6 Å². The maximum Gasteiger partial charge on any atom is 0.230 e. The van der Waals surface area contributed by atoms with Gasteiger partial charge < -0.3 is 11.1 Å². The van der Waals surface area contributed by atoms with Crippen LogP contribution in [0, 0.1) is 11.2 Å². The Balaban J connectivity index is 2.10. The third-order valence-electron chi connectivity index (χ3n) is 4.03. The second-order valence-corrected chi connectivity index (χ2v) is 5.59. The molecule has 0 heterocycles. The molecule has 0 radical (unpaired) electrons. The molecule has 0 saturated heterocycles. The number of carbonyl (C=O) groups excluding carboxylic acids is 1. The second-order valence-electron chi connectivity index (χ2n) is 5.59. The van der Waals surface area contributed by atoms with Crippen molar-refractivity contribution < 1.29 is 9.18 Å². The van der Waals surface area contributed by atoms with E-state index in [1.165, 1.54) is 12.5 Å². The van der Waals surface area contributed by atoms with E-state index in [0.29, 0.717) is 11.3 Å². The highest BCUT2D eigenvalue weighted by atomic mass is 19.1. The first kappa shape index (κ1) is 14.0. The van der Waals surface area contributed by atoms with Gasteiger partial charge in [-0.2, -0.15) is 0 Å². The molecule has 0 spiro atoms. The molecule has 1 aromatic carbocycles. The van der Waals surface area contributed by atoms with E-state index >= 15 is 0 Å². The van der Waals surface area contributed by atoms with Crippen molar-refractivity contribution in [2.45, 2.75) is 45.6 Å². The highest BCUT2D eigenvalue weighted by molar-refractivity contribution is 5.95. The average Bonchev–Trinajstić information content (AvgIpc) is 2.41. The fraction of sp³-hybridized carbons (Fsp3) is 0.533. The summed E-state index contributed by atoms with van der Waals surface area (Å²) in [5.41, 5.74) is 6.22. The molecular formula is C15H21FN2O. The van der Waals surface area contributed by atoms with E-state index in [9.17, 15) is 9.18 Å². The van der Waals surface area contributed by atoms with Gasteiger partial charge in [0, 0.05) is 23.2 Å². The Morgan fingerprint density at radius 1 is 1.37 bits per heavy atom. The Kier molecular flexibility index (Phi) is 4.20. The molecule has 104 valence electrons. The minimum absolute atomic E-state index is 0.0294. The number of carbonyl (C=O) groups is 1. The van der Waals surface area contributed by atoms with Crippen LogP contribution in [0.5, 0.6) is 0 Å². The Morgan fingerprint density at radius 3 is 2.68 bits per heavy atom. The molecule has 2 rings (SSSR count). The zero-order chi connectivity index (χ0) is 13.9. The topological polar surface area (TPSA) is 55.1 Å². The van der Waals surface area contributed by atoms with Crippen molar-refractivity contribution in [2.75, 3.05) is 5.32 Å². The third-order valence-corrected chi connectivity index (χ3v) is 4.03. The SMILES string of the molecule is CC1(C(=O)Nc2ccc(F)c(CN)c2)CCCCC1. The monoisotopic (exact) mass is 264 g/mol. The van der Waals surface area contributed by atoms with Gasteiger partial charge in [-0.3, -0.25) is 4.79 Å². The smallest absolute Gasteiger partial charge is 0.230 e. The molecule has 1 amide bonds. The molecule has 1 saturated carbocycles. The lowest BCUT2D eigenvalue weighted by Gasteiger charge is -2.32. The molecule has 0 aromatic heterocycles. The van der Waals surface area contributed by atoms with Crippen LogP contribution in [-0.2, 0) is 11.3 Å². The van der Waals surface area contributed by atoms with E-state index in [1.54, 1.807) is 12.1 Å². The molecule has 1 aromatic rings. The number of nitrogens with one attached hydrogen (secondary N) is 1. The molecule has 0 atom stereocenters. The normalized spacial score (nSPS) is 18.1. The Hall–Kier alpha value is -1.42. The molecule has 1 aliphatic rings. The number of halogens is 1. The number of nitrogens with two attached hydrogens (primary N) is 1. The fourth-order valence-corrected chi connectivity index (χ4v) is 2.65. The predicted molar refractivity (Wildman–Crippen MR) is 74.1 cm³/mol. The molecule has 1 fully saturated rings. The molecule has 0 aliphatic heterocycles. The average molecular weight is 264 g/mol. The van der Waals surface area contributed by atoms with E-state index in [2.05, 4.69) is 5.32 Å². The van der Waals surface area contributed by atoms with Gasteiger partial charge in [0.05, 0.1) is 0 Å². The van der Waals surface area contributed by atoms with E-state index in [4.69, 9.17) is 5.73 Å². The van der Waals surface area contributed by atoms with Gasteiger partial charge in [0.15, 0.2) is 0 Å². The minimum atomic E-state index is -0.329. The van der Waals surface area contributed by atoms with Crippen molar-refractivity contribution in [1.29, 1.82) is 0 Å². The first-order valence-electron chi connectivity index (χ1n) is 6.85. The summed E-state index contributed by atoms with van der Waals surface area (Å²) in [6.07, 6.45) is 5.24. The zero-order valence-electron chi connectivity index (χ0n) is 11.3. The van der Waals surface area contributed by atoms with Crippen molar-refractivity contribution in [3.63, 3.8) is 0 Å². The summed E-state index contributed by atoms with van der Waals surface area (Å²) in [7, 11) is 0. The first-order chi connectivity index (χ1) is 9.05. The Bertz CT molecular complexity index is 467. The van der Waals surface area contributed by atoms with E-state index in [-0.39, 0.29) is 23.7 Å². The van der Waals surface area contributed by atoms with Crippen LogP contribution in [-0.4, -0.2) is 5.91 Å². The van der Waals surface area contributed by atoms with E-state index in [1.807, 2.05) is 6.92 Å². The summed E-state index contributed by atoms with van der Waals surface area (Å²) >= 11 is 0. The predicted octanol–water partition coefficient (Wildman–Crippen LogP) is 3.19. The molecule has 0 unspecified atom stereocenters. The molecule has 4 heteroatoms. The molecule has 19 heavy (non-hydrogen) atoms. The maximum atomic E-state index is 13.3. The fourth-order valence-electron chi connectivity index (χ4n) is 2.65. The van der Waals surface area contributed by atoms with Gasteiger partial charge in [-0.15, -0.1) is 0 Å². The molecule has 1 aliphatic carbocycles. The third kappa shape index (κ3) is 3.13. The van der Waals surface area contributed by atoms with Crippen molar-refractivity contribution in [3.8, 4) is 0 Å². The lowest BCUT2D eigenvalue weighted by molar-refractivity contribution is -0.126. The maximum absolute atomic E-state index is 13.3. The van der Waals surface area contributed by atoms with Crippen LogP contribution in [0.1, 0.15) is 44.6 Å². The van der Waals surface area contributed by atoms with Crippen molar-refractivity contribution in [2.24, 2.45) is 11.1 Å². The van der Waals surface area contributed by atoms with Gasteiger partial charge in [-0.05, 0) is 31.0 Å². The quantitative estimate of drug-likeness (QED) is 0.881. The molecule has 0 bridgehead atoms. The van der Waals surface area contributed by atoms with Crippen LogP contribution in [0.3, 0.4) is 0 Å². The summed E-state index contributed by atoms with van der Waals surface area (Å²) in [6.45, 7) is 2.14. The van der Waals surface area contributed by atoms with Crippen molar-refractivity contribution in [1.82, 2.24) is 0 Å². The lowest BCUT2D eigenvalue weighted by atomic mass is 9.75. The van der Waals surface area contributed by atoms with Crippen LogP contribution < -0.4 is 11.1 Å².